The fourth-order valence-corrected chi connectivity index (χ4v) is 1.63. The molecule has 0 N–H and O–H groups in total. The van der Waals surface area contributed by atoms with Crippen molar-refractivity contribution in [1.29, 1.82) is 0 Å². The minimum Gasteiger partial charge on any atom is -0.224 e. The van der Waals surface area contributed by atoms with Gasteiger partial charge in [-0.15, -0.1) is 0 Å². The molecule has 1 aromatic heterocycles. The summed E-state index contributed by atoms with van der Waals surface area (Å²) in [6, 6.07) is 2.13. The van der Waals surface area contributed by atoms with Gasteiger partial charge in [0, 0.05) is 5.39 Å². The van der Waals surface area contributed by atoms with E-state index in [1.807, 2.05) is 0 Å². The Morgan fingerprint density at radius 2 is 1.53 bits per heavy atom. The summed E-state index contributed by atoms with van der Waals surface area (Å²) < 4.78 is 74.6. The Hall–Kier alpha value is -1.57. The molecular weight excluding hydrogens is 298 g/mol. The number of nitrogens with zero attached hydrogens (tertiary/aromatic N) is 2. The molecule has 2 aromatic rings. The number of hydrogen-bond donors (Lipinski definition) is 0. The molecule has 0 aliphatic heterocycles. The first-order valence-corrected chi connectivity index (χ1v) is 5.08. The fourth-order valence-electron chi connectivity index (χ4n) is 1.39. The largest absolute Gasteiger partial charge is 0.451 e. The number of benzene rings is 1. The van der Waals surface area contributed by atoms with Gasteiger partial charge in [0.2, 0.25) is 5.82 Å². The van der Waals surface area contributed by atoms with Gasteiger partial charge in [0.25, 0.3) is 0 Å². The number of aromatic nitrogens is 2. The zero-order valence-corrected chi connectivity index (χ0v) is 9.53. The van der Waals surface area contributed by atoms with Crippen molar-refractivity contribution in [2.45, 2.75) is 12.4 Å². The Morgan fingerprint density at radius 3 is 2.05 bits per heavy atom. The first-order chi connectivity index (χ1) is 8.59. The quantitative estimate of drug-likeness (QED) is 0.535. The van der Waals surface area contributed by atoms with Crippen LogP contribution in [-0.4, -0.2) is 9.97 Å². The Labute approximate surface area is 107 Å². The standard InChI is InChI=1S/C10H3ClF6N2/c11-7-5-2-1-4(9(12,13)14)3-6(5)18-8(19-7)10(15,16)17/h1-3H. The topological polar surface area (TPSA) is 25.8 Å². The first-order valence-electron chi connectivity index (χ1n) is 4.71. The molecule has 9 heteroatoms. The Balaban J connectivity index is 2.70. The zero-order valence-electron chi connectivity index (χ0n) is 8.77. The molecule has 0 saturated carbocycles. The molecular formula is C10H3ClF6N2. The average molecular weight is 301 g/mol. The smallest absolute Gasteiger partial charge is 0.224 e. The molecule has 0 bridgehead atoms. The third-order valence-electron chi connectivity index (χ3n) is 2.23. The molecule has 0 aliphatic rings. The van der Waals surface area contributed by atoms with Crippen LogP contribution in [0, 0.1) is 0 Å². The minimum absolute atomic E-state index is 0.0809. The van der Waals surface area contributed by atoms with Crippen LogP contribution in [0.25, 0.3) is 10.9 Å². The molecule has 0 amide bonds. The van der Waals surface area contributed by atoms with E-state index in [1.54, 1.807) is 0 Å². The number of rotatable bonds is 0. The van der Waals surface area contributed by atoms with Gasteiger partial charge in [0.15, 0.2) is 0 Å². The average Bonchev–Trinajstić information content (AvgIpc) is 2.25. The number of fused-ring (bicyclic) bond motifs is 1. The molecule has 2 rings (SSSR count). The third kappa shape index (κ3) is 2.73. The normalized spacial score (nSPS) is 13.0. The van der Waals surface area contributed by atoms with Gasteiger partial charge in [-0.05, 0) is 18.2 Å². The molecule has 102 valence electrons. The number of hydrogen-bond acceptors (Lipinski definition) is 2. The van der Waals surface area contributed by atoms with E-state index < -0.39 is 34.4 Å². The molecule has 2 nitrogen and oxygen atoms in total. The summed E-state index contributed by atoms with van der Waals surface area (Å²) in [6.07, 6.45) is -9.56. The second-order valence-electron chi connectivity index (χ2n) is 3.57. The maximum Gasteiger partial charge on any atom is 0.451 e. The predicted octanol–water partition coefficient (Wildman–Crippen LogP) is 4.32. The Kier molecular flexibility index (Phi) is 3.08. The summed E-state index contributed by atoms with van der Waals surface area (Å²) in [5, 5.41) is -0.631. The minimum atomic E-state index is -4.88. The Morgan fingerprint density at radius 1 is 0.895 bits per heavy atom. The van der Waals surface area contributed by atoms with Crippen LogP contribution < -0.4 is 0 Å². The van der Waals surface area contributed by atoms with Crippen LogP contribution in [-0.2, 0) is 12.4 Å². The van der Waals surface area contributed by atoms with Crippen LogP contribution in [0.1, 0.15) is 11.4 Å². The van der Waals surface area contributed by atoms with Gasteiger partial charge >= 0.3 is 12.4 Å². The zero-order chi connectivity index (χ0) is 14.4. The van der Waals surface area contributed by atoms with E-state index in [2.05, 4.69) is 9.97 Å². The first kappa shape index (κ1) is 13.9. The molecule has 19 heavy (non-hydrogen) atoms. The molecule has 1 heterocycles. The van der Waals surface area contributed by atoms with Crippen molar-refractivity contribution in [2.75, 3.05) is 0 Å². The molecule has 0 fully saturated rings. The fraction of sp³-hybridized carbons (Fsp3) is 0.200. The maximum absolute atomic E-state index is 12.5. The highest BCUT2D eigenvalue weighted by molar-refractivity contribution is 6.34. The number of halogens is 7. The third-order valence-corrected chi connectivity index (χ3v) is 2.52. The molecule has 0 saturated heterocycles. The van der Waals surface area contributed by atoms with Crippen molar-refractivity contribution in [2.24, 2.45) is 0 Å². The van der Waals surface area contributed by atoms with E-state index in [-0.39, 0.29) is 5.39 Å². The lowest BCUT2D eigenvalue weighted by Gasteiger charge is -2.10. The lowest BCUT2D eigenvalue weighted by atomic mass is 10.1. The summed E-state index contributed by atoms with van der Waals surface area (Å²) in [7, 11) is 0. The number of alkyl halides is 6. The second kappa shape index (κ2) is 4.22. The lowest BCUT2D eigenvalue weighted by molar-refractivity contribution is -0.144. The van der Waals surface area contributed by atoms with Gasteiger partial charge in [-0.3, -0.25) is 0 Å². The monoisotopic (exact) mass is 300 g/mol. The van der Waals surface area contributed by atoms with Gasteiger partial charge in [-0.1, -0.05) is 11.6 Å². The van der Waals surface area contributed by atoms with Crippen molar-refractivity contribution in [3.63, 3.8) is 0 Å². The summed E-state index contributed by atoms with van der Waals surface area (Å²) in [4.78, 5) is 6.07. The summed E-state index contributed by atoms with van der Waals surface area (Å²) >= 11 is 5.50. The van der Waals surface area contributed by atoms with Gasteiger partial charge in [-0.25, -0.2) is 9.97 Å². The van der Waals surface area contributed by atoms with E-state index in [9.17, 15) is 26.3 Å². The molecule has 1 aromatic carbocycles. The molecule has 0 unspecified atom stereocenters. The van der Waals surface area contributed by atoms with E-state index in [0.717, 1.165) is 6.07 Å². The predicted molar refractivity (Wildman–Crippen MR) is 54.6 cm³/mol. The van der Waals surface area contributed by atoms with Crippen LogP contribution in [0.3, 0.4) is 0 Å². The summed E-state index contributed by atoms with van der Waals surface area (Å²) in [6.45, 7) is 0. The lowest BCUT2D eigenvalue weighted by Crippen LogP contribution is -2.12. The van der Waals surface area contributed by atoms with Crippen molar-refractivity contribution in [1.82, 2.24) is 9.97 Å². The van der Waals surface area contributed by atoms with E-state index in [0.29, 0.717) is 12.1 Å². The molecule has 0 atom stereocenters. The van der Waals surface area contributed by atoms with Gasteiger partial charge in [0.05, 0.1) is 11.1 Å². The summed E-state index contributed by atoms with van der Waals surface area (Å²) in [5.74, 6) is -1.58. The van der Waals surface area contributed by atoms with Gasteiger partial charge in [0.1, 0.15) is 5.15 Å². The second-order valence-corrected chi connectivity index (χ2v) is 3.92. The van der Waals surface area contributed by atoms with Crippen molar-refractivity contribution >= 4 is 22.5 Å². The van der Waals surface area contributed by atoms with Gasteiger partial charge in [-0.2, -0.15) is 26.3 Å². The molecule has 0 aliphatic carbocycles. The highest BCUT2D eigenvalue weighted by Crippen LogP contribution is 2.34. The SMILES string of the molecule is FC(F)(F)c1ccc2c(Cl)nc(C(F)(F)F)nc2c1. The van der Waals surface area contributed by atoms with E-state index >= 15 is 0 Å². The van der Waals surface area contributed by atoms with Crippen molar-refractivity contribution < 1.29 is 26.3 Å². The van der Waals surface area contributed by atoms with E-state index in [1.165, 1.54) is 0 Å². The van der Waals surface area contributed by atoms with Crippen LogP contribution in [0.2, 0.25) is 5.15 Å². The van der Waals surface area contributed by atoms with Crippen LogP contribution in [0.15, 0.2) is 18.2 Å². The van der Waals surface area contributed by atoms with Crippen molar-refractivity contribution in [3.05, 3.63) is 34.7 Å². The summed E-state index contributed by atoms with van der Waals surface area (Å²) in [5.41, 5.74) is -1.62. The van der Waals surface area contributed by atoms with E-state index in [4.69, 9.17) is 11.6 Å². The van der Waals surface area contributed by atoms with Crippen molar-refractivity contribution in [3.8, 4) is 0 Å². The van der Waals surface area contributed by atoms with Gasteiger partial charge < -0.3 is 0 Å². The van der Waals surface area contributed by atoms with Crippen LogP contribution >= 0.6 is 11.6 Å². The maximum atomic E-state index is 12.5. The van der Waals surface area contributed by atoms with Crippen LogP contribution in [0.4, 0.5) is 26.3 Å². The molecule has 0 radical (unpaired) electrons. The highest BCUT2D eigenvalue weighted by Gasteiger charge is 2.36. The molecule has 0 spiro atoms. The highest BCUT2D eigenvalue weighted by atomic mass is 35.5. The Bertz CT molecular complexity index is 629. The van der Waals surface area contributed by atoms with Crippen LogP contribution in [0.5, 0.6) is 0 Å².